The van der Waals surface area contributed by atoms with Crippen LogP contribution in [0.25, 0.3) is 11.1 Å². The lowest BCUT2D eigenvalue weighted by Gasteiger charge is -2.13. The second-order valence-corrected chi connectivity index (χ2v) is 8.85. The van der Waals surface area contributed by atoms with Crippen molar-refractivity contribution in [2.45, 2.75) is 10.8 Å². The number of rotatable bonds is 9. The van der Waals surface area contributed by atoms with Gasteiger partial charge in [0.25, 0.3) is 0 Å². The molecule has 0 radical (unpaired) electrons. The molecule has 0 atom stereocenters. The number of aliphatic hydroxyl groups is 1. The van der Waals surface area contributed by atoms with Crippen molar-refractivity contribution in [3.8, 4) is 29.1 Å². The molecular weight excluding hydrogens is 503 g/mol. The molecule has 0 fully saturated rings. The molecule has 0 spiro atoms. The molecule has 0 aliphatic rings. The monoisotopic (exact) mass is 520 g/mol. The van der Waals surface area contributed by atoms with Crippen molar-refractivity contribution < 1.29 is 14.2 Å². The van der Waals surface area contributed by atoms with Crippen LogP contribution in [0.3, 0.4) is 0 Å². The number of nitrogens with zero attached hydrogens (tertiary/aromatic N) is 6. The molecule has 0 aliphatic carbocycles. The van der Waals surface area contributed by atoms with Gasteiger partial charge in [0.2, 0.25) is 5.88 Å². The summed E-state index contributed by atoms with van der Waals surface area (Å²) >= 11 is 2.61. The van der Waals surface area contributed by atoms with Gasteiger partial charge in [-0.2, -0.15) is 10.5 Å². The number of hydrogen-bond acceptors (Lipinski definition) is 12. The van der Waals surface area contributed by atoms with Gasteiger partial charge >= 0.3 is 0 Å². The molecule has 0 aromatic carbocycles. The normalized spacial score (nSPS) is 10.4. The molecule has 0 amide bonds. The van der Waals surface area contributed by atoms with Gasteiger partial charge in [-0.1, -0.05) is 11.8 Å². The lowest BCUT2D eigenvalue weighted by molar-refractivity contribution is 0.196. The van der Waals surface area contributed by atoms with Crippen LogP contribution in [-0.4, -0.2) is 38.3 Å². The lowest BCUT2D eigenvalue weighted by atomic mass is 9.98. The number of nitrogens with one attached hydrogen (secondary N) is 1. The van der Waals surface area contributed by atoms with Crippen molar-refractivity contribution in [1.29, 1.82) is 10.5 Å². The molecule has 4 aromatic rings. The number of thiazole rings is 1. The molecule has 0 saturated heterocycles. The van der Waals surface area contributed by atoms with E-state index in [0.29, 0.717) is 38.7 Å². The Morgan fingerprint density at radius 2 is 1.94 bits per heavy atom. The van der Waals surface area contributed by atoms with Gasteiger partial charge in [-0.25, -0.2) is 24.3 Å². The topological polar surface area (TPSA) is 167 Å². The Balaban J connectivity index is 1.57. The summed E-state index contributed by atoms with van der Waals surface area (Å²) in [6.07, 6.45) is 2.58. The predicted molar refractivity (Wildman–Crippen MR) is 133 cm³/mol. The van der Waals surface area contributed by atoms with Gasteiger partial charge in [0.15, 0.2) is 5.13 Å². The fourth-order valence-electron chi connectivity index (χ4n) is 3.09. The van der Waals surface area contributed by atoms with Crippen molar-refractivity contribution in [3.63, 3.8) is 0 Å². The maximum atomic E-state index is 13.0. The standard InChI is InChI=1S/C23H17FN8O2S2/c24-14-2-3-18(28-10-14)31-23-30-15(12-36-23)11-35-22-17(8-26)20(16(7-25)21(27)32-22)13-1-4-19(29-9-13)34-6-5-33/h1-4,9-10,12,33H,5-6,11H2,(H2,27,32)(H,28,30,31). The molecule has 36 heavy (non-hydrogen) atoms. The van der Waals surface area contributed by atoms with Crippen molar-refractivity contribution in [2.75, 3.05) is 24.3 Å². The van der Waals surface area contributed by atoms with E-state index in [9.17, 15) is 14.9 Å². The highest BCUT2D eigenvalue weighted by Crippen LogP contribution is 2.37. The molecule has 4 rings (SSSR count). The minimum absolute atomic E-state index is 0.00220. The summed E-state index contributed by atoms with van der Waals surface area (Å²) in [6, 6.07) is 10.2. The average Bonchev–Trinajstić information content (AvgIpc) is 3.34. The molecule has 0 unspecified atom stereocenters. The SMILES string of the molecule is N#Cc1c(N)nc(SCc2csc(Nc3ccc(F)cn3)n2)c(C#N)c1-c1ccc(OCCO)nc1. The highest BCUT2D eigenvalue weighted by Gasteiger charge is 2.21. The van der Waals surface area contributed by atoms with E-state index in [1.165, 1.54) is 41.4 Å². The summed E-state index contributed by atoms with van der Waals surface area (Å²) in [4.78, 5) is 16.9. The van der Waals surface area contributed by atoms with Crippen LogP contribution in [0, 0.1) is 28.5 Å². The van der Waals surface area contributed by atoms with Crippen molar-refractivity contribution in [2.24, 2.45) is 0 Å². The first kappa shape index (κ1) is 24.8. The fourth-order valence-corrected chi connectivity index (χ4v) is 4.80. The smallest absolute Gasteiger partial charge is 0.213 e. The fraction of sp³-hybridized carbons (Fsp3) is 0.130. The van der Waals surface area contributed by atoms with Crippen molar-refractivity contribution >= 4 is 39.9 Å². The number of thioether (sulfide) groups is 1. The number of hydrogen-bond donors (Lipinski definition) is 3. The van der Waals surface area contributed by atoms with Gasteiger partial charge in [-0.05, 0) is 18.2 Å². The quantitative estimate of drug-likeness (QED) is 0.274. The Labute approximate surface area is 213 Å². The van der Waals surface area contributed by atoms with Crippen LogP contribution in [0.1, 0.15) is 16.8 Å². The summed E-state index contributed by atoms with van der Waals surface area (Å²) in [5.74, 6) is 0.709. The van der Waals surface area contributed by atoms with Gasteiger partial charge in [0, 0.05) is 34.5 Å². The zero-order chi connectivity index (χ0) is 25.5. The van der Waals surface area contributed by atoms with Crippen LogP contribution < -0.4 is 15.8 Å². The number of pyridine rings is 3. The van der Waals surface area contributed by atoms with Crippen LogP contribution in [-0.2, 0) is 5.75 Å². The second-order valence-electron chi connectivity index (χ2n) is 7.03. The Hall–Kier alpha value is -4.30. The molecular formula is C23H17FN8O2S2. The van der Waals surface area contributed by atoms with Crippen LogP contribution in [0.4, 0.5) is 21.2 Å². The molecule has 0 saturated carbocycles. The van der Waals surface area contributed by atoms with Crippen molar-refractivity contribution in [3.05, 3.63) is 64.7 Å². The first-order valence-corrected chi connectivity index (χ1v) is 12.2. The molecule has 13 heteroatoms. The summed E-state index contributed by atoms with van der Waals surface area (Å²) in [5.41, 5.74) is 7.90. The number of nitrogen functional groups attached to an aromatic ring is 1. The second kappa shape index (κ2) is 11.4. The molecule has 4 N–H and O–H groups in total. The highest BCUT2D eigenvalue weighted by molar-refractivity contribution is 7.98. The first-order chi connectivity index (χ1) is 17.5. The van der Waals surface area contributed by atoms with E-state index < -0.39 is 5.82 Å². The maximum Gasteiger partial charge on any atom is 0.213 e. The summed E-state index contributed by atoms with van der Waals surface area (Å²) in [6.45, 7) is -0.0573. The lowest BCUT2D eigenvalue weighted by Crippen LogP contribution is -2.05. The van der Waals surface area contributed by atoms with E-state index in [2.05, 4.69) is 31.3 Å². The average molecular weight is 521 g/mol. The molecule has 10 nitrogen and oxygen atoms in total. The predicted octanol–water partition coefficient (Wildman–Crippen LogP) is 3.87. The van der Waals surface area contributed by atoms with Gasteiger partial charge in [-0.3, -0.25) is 0 Å². The Bertz CT molecular complexity index is 1450. The van der Waals surface area contributed by atoms with E-state index in [0.717, 1.165) is 11.9 Å². The number of aliphatic hydroxyl groups excluding tert-OH is 1. The van der Waals surface area contributed by atoms with Gasteiger partial charge in [0.1, 0.15) is 46.8 Å². The zero-order valence-corrected chi connectivity index (χ0v) is 20.1. The van der Waals surface area contributed by atoms with Gasteiger partial charge < -0.3 is 20.9 Å². The minimum Gasteiger partial charge on any atom is -0.475 e. The largest absolute Gasteiger partial charge is 0.475 e. The number of aromatic nitrogens is 4. The molecule has 4 aromatic heterocycles. The molecule has 180 valence electrons. The molecule has 0 bridgehead atoms. The number of ether oxygens (including phenoxy) is 1. The van der Waals surface area contributed by atoms with Crippen LogP contribution in [0.15, 0.2) is 47.1 Å². The Morgan fingerprint density at radius 1 is 1.11 bits per heavy atom. The third kappa shape index (κ3) is 5.67. The number of nitriles is 2. The zero-order valence-electron chi connectivity index (χ0n) is 18.5. The summed E-state index contributed by atoms with van der Waals surface area (Å²) in [7, 11) is 0. The Kier molecular flexibility index (Phi) is 7.87. The molecule has 0 aliphatic heterocycles. The number of anilines is 3. The minimum atomic E-state index is -0.430. The summed E-state index contributed by atoms with van der Waals surface area (Å²) < 4.78 is 18.3. The Morgan fingerprint density at radius 3 is 2.61 bits per heavy atom. The van der Waals surface area contributed by atoms with Crippen LogP contribution >= 0.6 is 23.1 Å². The van der Waals surface area contributed by atoms with Gasteiger partial charge in [0.05, 0.1) is 24.1 Å². The van der Waals surface area contributed by atoms with E-state index in [-0.39, 0.29) is 30.2 Å². The van der Waals surface area contributed by atoms with Crippen LogP contribution in [0.2, 0.25) is 0 Å². The van der Waals surface area contributed by atoms with E-state index in [1.54, 1.807) is 12.1 Å². The maximum absolute atomic E-state index is 13.0. The highest BCUT2D eigenvalue weighted by atomic mass is 32.2. The first-order valence-electron chi connectivity index (χ1n) is 10.3. The van der Waals surface area contributed by atoms with E-state index >= 15 is 0 Å². The van der Waals surface area contributed by atoms with E-state index in [4.69, 9.17) is 15.6 Å². The van der Waals surface area contributed by atoms with Crippen molar-refractivity contribution in [1.82, 2.24) is 19.9 Å². The third-order valence-electron chi connectivity index (χ3n) is 4.65. The van der Waals surface area contributed by atoms with E-state index in [1.807, 2.05) is 11.4 Å². The summed E-state index contributed by atoms with van der Waals surface area (Å²) in [5, 5.41) is 34.3. The third-order valence-corrected chi connectivity index (χ3v) is 6.47. The van der Waals surface area contributed by atoms with Crippen LogP contribution in [0.5, 0.6) is 5.88 Å². The number of halogens is 1. The number of nitrogens with two attached hydrogens (primary N) is 1. The molecule has 4 heterocycles. The van der Waals surface area contributed by atoms with Gasteiger partial charge in [-0.15, -0.1) is 11.3 Å².